The third-order valence-corrected chi connectivity index (χ3v) is 4.18. The van der Waals surface area contributed by atoms with Crippen LogP contribution < -0.4 is 5.32 Å². The van der Waals surface area contributed by atoms with Crippen LogP contribution >= 0.6 is 0 Å². The summed E-state index contributed by atoms with van der Waals surface area (Å²) >= 11 is 0. The molecule has 2 fully saturated rings. The molecule has 98 valence electrons. The summed E-state index contributed by atoms with van der Waals surface area (Å²) in [5.41, 5.74) is 0. The van der Waals surface area contributed by atoms with Crippen LogP contribution in [-0.2, 0) is 4.79 Å². The van der Waals surface area contributed by atoms with E-state index in [2.05, 4.69) is 22.0 Å². The molecule has 4 nitrogen and oxygen atoms in total. The first kappa shape index (κ1) is 12.8. The highest BCUT2D eigenvalue weighted by Crippen LogP contribution is 2.25. The second-order valence-corrected chi connectivity index (χ2v) is 5.40. The molecule has 1 aliphatic heterocycles. The fraction of sp³-hybridized carbons (Fsp3) is 0.923. The number of rotatable bonds is 4. The first-order chi connectivity index (χ1) is 8.22. The lowest BCUT2D eigenvalue weighted by Gasteiger charge is -2.40. The van der Waals surface area contributed by atoms with E-state index in [0.717, 1.165) is 19.6 Å². The predicted molar refractivity (Wildman–Crippen MR) is 68.9 cm³/mol. The summed E-state index contributed by atoms with van der Waals surface area (Å²) in [6.45, 7) is 5.72. The zero-order valence-corrected chi connectivity index (χ0v) is 11.1. The van der Waals surface area contributed by atoms with Crippen molar-refractivity contribution in [2.45, 2.75) is 44.7 Å². The Balaban J connectivity index is 1.86. The van der Waals surface area contributed by atoms with Gasteiger partial charge in [-0.15, -0.1) is 0 Å². The van der Waals surface area contributed by atoms with Crippen LogP contribution in [0.1, 0.15) is 32.6 Å². The Kier molecular flexibility index (Phi) is 4.40. The Morgan fingerprint density at radius 1 is 1.35 bits per heavy atom. The number of likely N-dealkylation sites (N-methyl/N-ethyl adjacent to an activating group) is 1. The van der Waals surface area contributed by atoms with Gasteiger partial charge in [-0.1, -0.05) is 12.8 Å². The summed E-state index contributed by atoms with van der Waals surface area (Å²) in [7, 11) is 1.97. The summed E-state index contributed by atoms with van der Waals surface area (Å²) in [6.07, 6.45) is 5.04. The number of amides is 1. The van der Waals surface area contributed by atoms with Crippen molar-refractivity contribution in [2.24, 2.45) is 0 Å². The molecule has 17 heavy (non-hydrogen) atoms. The highest BCUT2D eigenvalue weighted by Gasteiger charge is 2.32. The number of nitrogens with zero attached hydrogens (tertiary/aromatic N) is 2. The van der Waals surface area contributed by atoms with E-state index in [0.29, 0.717) is 24.5 Å². The SMILES string of the molecule is CNCC(C)N1CCN(C2CCCC2)C(=O)C1. The minimum Gasteiger partial charge on any atom is -0.337 e. The van der Waals surface area contributed by atoms with E-state index in [1.165, 1.54) is 25.7 Å². The molecule has 0 aromatic heterocycles. The smallest absolute Gasteiger partial charge is 0.237 e. The molecule has 2 aliphatic rings. The van der Waals surface area contributed by atoms with Crippen LogP contribution in [0.15, 0.2) is 0 Å². The highest BCUT2D eigenvalue weighted by molar-refractivity contribution is 5.79. The van der Waals surface area contributed by atoms with E-state index in [1.807, 2.05) is 7.05 Å². The van der Waals surface area contributed by atoms with Crippen molar-refractivity contribution in [3.63, 3.8) is 0 Å². The van der Waals surface area contributed by atoms with Gasteiger partial charge in [-0.2, -0.15) is 0 Å². The van der Waals surface area contributed by atoms with Crippen molar-refractivity contribution in [1.82, 2.24) is 15.1 Å². The Labute approximate surface area is 104 Å². The number of carbonyl (C=O) groups is 1. The molecule has 0 aromatic carbocycles. The van der Waals surface area contributed by atoms with E-state index in [9.17, 15) is 4.79 Å². The topological polar surface area (TPSA) is 35.6 Å². The van der Waals surface area contributed by atoms with E-state index >= 15 is 0 Å². The predicted octanol–water partition coefficient (Wildman–Crippen LogP) is 0.681. The normalized spacial score (nSPS) is 25.5. The largest absolute Gasteiger partial charge is 0.337 e. The van der Waals surface area contributed by atoms with Crippen molar-refractivity contribution in [3.8, 4) is 0 Å². The van der Waals surface area contributed by atoms with Crippen LogP contribution in [0.25, 0.3) is 0 Å². The standard InChI is InChI=1S/C13H25N3O/c1-11(9-14-2)15-7-8-16(13(17)10-15)12-5-3-4-6-12/h11-12,14H,3-10H2,1-2H3. The minimum absolute atomic E-state index is 0.339. The average molecular weight is 239 g/mol. The lowest BCUT2D eigenvalue weighted by atomic mass is 10.1. The molecule has 1 saturated heterocycles. The molecule has 0 spiro atoms. The van der Waals surface area contributed by atoms with Gasteiger partial charge >= 0.3 is 0 Å². The van der Waals surface area contributed by atoms with E-state index in [4.69, 9.17) is 0 Å². The molecule has 1 N–H and O–H groups in total. The van der Waals surface area contributed by atoms with Crippen LogP contribution in [0.2, 0.25) is 0 Å². The van der Waals surface area contributed by atoms with Gasteiger partial charge in [0.15, 0.2) is 0 Å². The third-order valence-electron chi connectivity index (χ3n) is 4.18. The lowest BCUT2D eigenvalue weighted by Crippen LogP contribution is -2.56. The summed E-state index contributed by atoms with van der Waals surface area (Å²) in [5, 5.41) is 3.18. The van der Waals surface area contributed by atoms with Gasteiger partial charge < -0.3 is 10.2 Å². The first-order valence-corrected chi connectivity index (χ1v) is 6.90. The first-order valence-electron chi connectivity index (χ1n) is 6.90. The third kappa shape index (κ3) is 2.99. The van der Waals surface area contributed by atoms with Crippen LogP contribution in [0.5, 0.6) is 0 Å². The van der Waals surface area contributed by atoms with Crippen molar-refractivity contribution in [1.29, 1.82) is 0 Å². The van der Waals surface area contributed by atoms with Gasteiger partial charge in [0.05, 0.1) is 6.54 Å². The van der Waals surface area contributed by atoms with Crippen molar-refractivity contribution < 1.29 is 4.79 Å². The molecule has 1 amide bonds. The van der Waals surface area contributed by atoms with E-state index < -0.39 is 0 Å². The maximum absolute atomic E-state index is 12.2. The molecule has 1 saturated carbocycles. The Morgan fingerprint density at radius 2 is 2.06 bits per heavy atom. The van der Waals surface area contributed by atoms with Crippen LogP contribution in [0.4, 0.5) is 0 Å². The van der Waals surface area contributed by atoms with E-state index in [1.54, 1.807) is 0 Å². The van der Waals surface area contributed by atoms with Gasteiger partial charge in [0.1, 0.15) is 0 Å². The molecule has 1 atom stereocenters. The number of hydrogen-bond donors (Lipinski definition) is 1. The fourth-order valence-electron chi connectivity index (χ4n) is 3.11. The molecule has 4 heteroatoms. The Hall–Kier alpha value is -0.610. The fourth-order valence-corrected chi connectivity index (χ4v) is 3.11. The van der Waals surface area contributed by atoms with Crippen LogP contribution in [-0.4, -0.2) is 61.0 Å². The highest BCUT2D eigenvalue weighted by atomic mass is 16.2. The molecule has 2 rings (SSSR count). The quantitative estimate of drug-likeness (QED) is 0.784. The monoisotopic (exact) mass is 239 g/mol. The summed E-state index contributed by atoms with van der Waals surface area (Å²) in [6, 6.07) is 0.999. The number of nitrogens with one attached hydrogen (secondary N) is 1. The maximum Gasteiger partial charge on any atom is 0.237 e. The van der Waals surface area contributed by atoms with Crippen LogP contribution in [0, 0.1) is 0 Å². The maximum atomic E-state index is 12.2. The molecule has 0 aromatic rings. The Morgan fingerprint density at radius 3 is 2.65 bits per heavy atom. The van der Waals surface area contributed by atoms with Gasteiger partial charge in [0.2, 0.25) is 5.91 Å². The van der Waals surface area contributed by atoms with Gasteiger partial charge in [-0.05, 0) is 26.8 Å². The zero-order valence-electron chi connectivity index (χ0n) is 11.1. The van der Waals surface area contributed by atoms with Gasteiger partial charge in [-0.25, -0.2) is 0 Å². The number of piperazine rings is 1. The minimum atomic E-state index is 0.339. The van der Waals surface area contributed by atoms with Crippen molar-refractivity contribution in [3.05, 3.63) is 0 Å². The molecule has 1 aliphatic carbocycles. The zero-order chi connectivity index (χ0) is 12.3. The van der Waals surface area contributed by atoms with Gasteiger partial charge in [-0.3, -0.25) is 9.69 Å². The lowest BCUT2D eigenvalue weighted by molar-refractivity contribution is -0.139. The Bertz CT molecular complexity index is 263. The summed E-state index contributed by atoms with van der Waals surface area (Å²) < 4.78 is 0. The molecule has 1 unspecified atom stereocenters. The second kappa shape index (κ2) is 5.83. The van der Waals surface area contributed by atoms with Crippen molar-refractivity contribution >= 4 is 5.91 Å². The van der Waals surface area contributed by atoms with Crippen LogP contribution in [0.3, 0.4) is 0 Å². The summed E-state index contributed by atoms with van der Waals surface area (Å²) in [4.78, 5) is 16.6. The van der Waals surface area contributed by atoms with E-state index in [-0.39, 0.29) is 0 Å². The summed E-state index contributed by atoms with van der Waals surface area (Å²) in [5.74, 6) is 0.339. The second-order valence-electron chi connectivity index (χ2n) is 5.40. The average Bonchev–Trinajstić information content (AvgIpc) is 2.82. The van der Waals surface area contributed by atoms with Gasteiger partial charge in [0.25, 0.3) is 0 Å². The molecule has 0 radical (unpaired) electrons. The number of carbonyl (C=O) groups excluding carboxylic acids is 1. The molecule has 0 bridgehead atoms. The number of hydrogen-bond acceptors (Lipinski definition) is 3. The van der Waals surface area contributed by atoms with Crippen molar-refractivity contribution in [2.75, 3.05) is 33.2 Å². The molecular weight excluding hydrogens is 214 g/mol. The molecule has 1 heterocycles. The van der Waals surface area contributed by atoms with Gasteiger partial charge in [0, 0.05) is 31.7 Å². The molecular formula is C13H25N3O.